The minimum Gasteiger partial charge on any atom is -0.407 e. The largest absolute Gasteiger partial charge is 0.419 e. The number of nitro benzene ring substituents is 1. The van der Waals surface area contributed by atoms with Crippen LogP contribution in [0.4, 0.5) is 5.69 Å². The highest BCUT2D eigenvalue weighted by Gasteiger charge is 2.13. The van der Waals surface area contributed by atoms with Gasteiger partial charge >= 0.3 is 5.76 Å². The standard InChI is InChI=1S/C10H7N3O4/c11-4-1-5-12-8-3-2-7(13(15)16)6-9(8)17-10(12)14/h2-3,6H,1,5H2. The number of hydrogen-bond donors (Lipinski definition) is 0. The van der Waals surface area contributed by atoms with E-state index in [2.05, 4.69) is 0 Å². The molecule has 1 aromatic heterocycles. The van der Waals surface area contributed by atoms with Crippen molar-refractivity contribution in [1.29, 1.82) is 5.26 Å². The van der Waals surface area contributed by atoms with E-state index in [1.54, 1.807) is 0 Å². The van der Waals surface area contributed by atoms with Gasteiger partial charge in [0, 0.05) is 12.6 Å². The van der Waals surface area contributed by atoms with E-state index in [4.69, 9.17) is 9.68 Å². The second-order valence-corrected chi connectivity index (χ2v) is 3.34. The molecule has 0 aliphatic rings. The molecule has 2 rings (SSSR count). The van der Waals surface area contributed by atoms with Crippen LogP contribution in [0.5, 0.6) is 0 Å². The molecule has 0 saturated carbocycles. The van der Waals surface area contributed by atoms with E-state index in [0.717, 1.165) is 0 Å². The number of fused-ring (bicyclic) bond motifs is 1. The van der Waals surface area contributed by atoms with Crippen LogP contribution in [-0.2, 0) is 6.54 Å². The fourth-order valence-corrected chi connectivity index (χ4v) is 1.54. The monoisotopic (exact) mass is 233 g/mol. The first-order valence-corrected chi connectivity index (χ1v) is 4.78. The van der Waals surface area contributed by atoms with Gasteiger partial charge in [0.05, 0.1) is 29.0 Å². The van der Waals surface area contributed by atoms with E-state index in [-0.39, 0.29) is 24.2 Å². The molecular formula is C10H7N3O4. The smallest absolute Gasteiger partial charge is 0.407 e. The minimum absolute atomic E-state index is 0.140. The Bertz CT molecular complexity index is 677. The van der Waals surface area contributed by atoms with Crippen molar-refractivity contribution < 1.29 is 9.34 Å². The Balaban J connectivity index is 2.57. The highest BCUT2D eigenvalue weighted by atomic mass is 16.6. The third kappa shape index (κ3) is 1.88. The molecule has 1 aromatic carbocycles. The number of aryl methyl sites for hydroxylation is 1. The molecule has 0 fully saturated rings. The lowest BCUT2D eigenvalue weighted by molar-refractivity contribution is -0.384. The van der Waals surface area contributed by atoms with Crippen LogP contribution in [0.1, 0.15) is 6.42 Å². The molecule has 86 valence electrons. The molecule has 0 aliphatic carbocycles. The van der Waals surface area contributed by atoms with Crippen LogP contribution in [0.25, 0.3) is 11.1 Å². The van der Waals surface area contributed by atoms with Crippen LogP contribution in [0.3, 0.4) is 0 Å². The van der Waals surface area contributed by atoms with E-state index in [1.807, 2.05) is 6.07 Å². The second-order valence-electron chi connectivity index (χ2n) is 3.34. The van der Waals surface area contributed by atoms with E-state index < -0.39 is 10.7 Å². The average molecular weight is 233 g/mol. The van der Waals surface area contributed by atoms with Crippen molar-refractivity contribution in [3.05, 3.63) is 38.9 Å². The maximum atomic E-state index is 11.4. The number of oxazole rings is 1. The van der Waals surface area contributed by atoms with Gasteiger partial charge in [0.2, 0.25) is 0 Å². The number of rotatable bonds is 3. The third-order valence-electron chi connectivity index (χ3n) is 2.31. The summed E-state index contributed by atoms with van der Waals surface area (Å²) < 4.78 is 6.16. The maximum absolute atomic E-state index is 11.4. The van der Waals surface area contributed by atoms with Gasteiger partial charge < -0.3 is 4.42 Å². The van der Waals surface area contributed by atoms with Gasteiger partial charge in [0.15, 0.2) is 5.58 Å². The summed E-state index contributed by atoms with van der Waals surface area (Å²) in [6, 6.07) is 5.84. The Kier molecular flexibility index (Phi) is 2.62. The van der Waals surface area contributed by atoms with Crippen LogP contribution in [0.15, 0.2) is 27.4 Å². The first-order valence-electron chi connectivity index (χ1n) is 4.78. The quantitative estimate of drug-likeness (QED) is 0.589. The molecule has 7 nitrogen and oxygen atoms in total. The topological polar surface area (TPSA) is 102 Å². The Hall–Kier alpha value is -2.62. The maximum Gasteiger partial charge on any atom is 0.419 e. The first kappa shape index (κ1) is 10.9. The summed E-state index contributed by atoms with van der Waals surface area (Å²) in [4.78, 5) is 21.4. The molecule has 0 atom stereocenters. The van der Waals surface area contributed by atoms with Gasteiger partial charge in [-0.05, 0) is 6.07 Å². The summed E-state index contributed by atoms with van der Waals surface area (Å²) in [5.74, 6) is -0.615. The van der Waals surface area contributed by atoms with Gasteiger partial charge in [-0.15, -0.1) is 0 Å². The van der Waals surface area contributed by atoms with Crippen LogP contribution in [-0.4, -0.2) is 9.49 Å². The van der Waals surface area contributed by atoms with Gasteiger partial charge in [-0.25, -0.2) is 4.79 Å². The molecule has 0 spiro atoms. The lowest BCUT2D eigenvalue weighted by atomic mass is 10.3. The normalized spacial score (nSPS) is 10.3. The molecule has 17 heavy (non-hydrogen) atoms. The predicted molar refractivity (Wildman–Crippen MR) is 57.4 cm³/mol. The number of nitrogens with zero attached hydrogens (tertiary/aromatic N) is 3. The summed E-state index contributed by atoms with van der Waals surface area (Å²) >= 11 is 0. The fraction of sp³-hybridized carbons (Fsp3) is 0.200. The van der Waals surface area contributed by atoms with Crippen LogP contribution >= 0.6 is 0 Å². The molecule has 7 heteroatoms. The van der Waals surface area contributed by atoms with E-state index in [1.165, 1.54) is 22.8 Å². The summed E-state index contributed by atoms with van der Waals surface area (Å²) in [6.45, 7) is 0.208. The van der Waals surface area contributed by atoms with Gasteiger partial charge in [-0.1, -0.05) is 0 Å². The SMILES string of the molecule is N#CCCn1c(=O)oc2cc([N+](=O)[O-])ccc21. The van der Waals surface area contributed by atoms with Crippen molar-refractivity contribution in [3.8, 4) is 6.07 Å². The Morgan fingerprint density at radius 1 is 1.53 bits per heavy atom. The Morgan fingerprint density at radius 2 is 2.29 bits per heavy atom. The Morgan fingerprint density at radius 3 is 2.94 bits per heavy atom. The number of non-ortho nitro benzene ring substituents is 1. The fourth-order valence-electron chi connectivity index (χ4n) is 1.54. The molecule has 0 N–H and O–H groups in total. The lowest BCUT2D eigenvalue weighted by Crippen LogP contribution is -2.13. The molecule has 0 bridgehead atoms. The summed E-state index contributed by atoms with van der Waals surface area (Å²) in [5.41, 5.74) is 0.469. The third-order valence-corrected chi connectivity index (χ3v) is 2.31. The van der Waals surface area contributed by atoms with Crippen molar-refractivity contribution in [2.75, 3.05) is 0 Å². The van der Waals surface area contributed by atoms with Crippen molar-refractivity contribution in [3.63, 3.8) is 0 Å². The van der Waals surface area contributed by atoms with Crippen molar-refractivity contribution in [1.82, 2.24) is 4.57 Å². The van der Waals surface area contributed by atoms with Crippen molar-refractivity contribution in [2.24, 2.45) is 0 Å². The van der Waals surface area contributed by atoms with Gasteiger partial charge in [-0.3, -0.25) is 14.7 Å². The van der Waals surface area contributed by atoms with Gasteiger partial charge in [-0.2, -0.15) is 5.26 Å². The van der Waals surface area contributed by atoms with Crippen LogP contribution in [0.2, 0.25) is 0 Å². The predicted octanol–water partition coefficient (Wildman–Crippen LogP) is 1.42. The molecule has 0 amide bonds. The number of aromatic nitrogens is 1. The number of benzene rings is 1. The minimum atomic E-state index is -0.615. The highest BCUT2D eigenvalue weighted by Crippen LogP contribution is 2.19. The van der Waals surface area contributed by atoms with Crippen molar-refractivity contribution in [2.45, 2.75) is 13.0 Å². The molecule has 0 saturated heterocycles. The lowest BCUT2D eigenvalue weighted by Gasteiger charge is -1.96. The molecule has 1 heterocycles. The zero-order valence-corrected chi connectivity index (χ0v) is 8.62. The summed E-state index contributed by atoms with van der Waals surface area (Å²) in [7, 11) is 0. The first-order chi connectivity index (χ1) is 8.13. The molecule has 0 aliphatic heterocycles. The summed E-state index contributed by atoms with van der Waals surface area (Å²) in [6.07, 6.45) is 0.172. The zero-order valence-electron chi connectivity index (χ0n) is 8.62. The van der Waals surface area contributed by atoms with E-state index in [0.29, 0.717) is 5.52 Å². The van der Waals surface area contributed by atoms with E-state index >= 15 is 0 Å². The summed E-state index contributed by atoms with van der Waals surface area (Å²) in [5, 5.41) is 19.0. The van der Waals surface area contributed by atoms with Crippen LogP contribution < -0.4 is 5.76 Å². The molecule has 2 aromatic rings. The molecule has 0 unspecified atom stereocenters. The van der Waals surface area contributed by atoms with Gasteiger partial charge in [0.25, 0.3) is 5.69 Å². The van der Waals surface area contributed by atoms with Crippen molar-refractivity contribution >= 4 is 16.8 Å². The highest BCUT2D eigenvalue weighted by molar-refractivity contribution is 5.75. The molecule has 0 radical (unpaired) electrons. The second kappa shape index (κ2) is 4.09. The average Bonchev–Trinajstić information content (AvgIpc) is 2.61. The number of hydrogen-bond acceptors (Lipinski definition) is 5. The molecular weight excluding hydrogens is 226 g/mol. The Labute approximate surface area is 94.6 Å². The zero-order chi connectivity index (χ0) is 12.4. The number of nitro groups is 1. The van der Waals surface area contributed by atoms with Gasteiger partial charge in [0.1, 0.15) is 0 Å². The number of nitriles is 1. The van der Waals surface area contributed by atoms with E-state index in [9.17, 15) is 14.9 Å². The van der Waals surface area contributed by atoms with Crippen LogP contribution in [0, 0.1) is 21.4 Å².